The third kappa shape index (κ3) is 3.51. The molecule has 6 heteroatoms. The summed E-state index contributed by atoms with van der Waals surface area (Å²) in [6, 6.07) is 8.18. The largest absolute Gasteiger partial charge is 0.376 e. The number of nitrogens with zero attached hydrogens (tertiary/aromatic N) is 3. The first-order chi connectivity index (χ1) is 10.7. The maximum atomic E-state index is 5.72. The van der Waals surface area contributed by atoms with Gasteiger partial charge in [-0.25, -0.2) is 0 Å². The molecule has 1 fully saturated rings. The molecule has 0 radical (unpaired) electrons. The fraction of sp³-hybridized carbons (Fsp3) is 0.438. The van der Waals surface area contributed by atoms with Gasteiger partial charge in [0.2, 0.25) is 0 Å². The van der Waals surface area contributed by atoms with Crippen LogP contribution in [0.15, 0.2) is 41.1 Å². The second-order valence-electron chi connectivity index (χ2n) is 5.52. The number of hydrogen-bond acceptors (Lipinski definition) is 3. The van der Waals surface area contributed by atoms with Crippen LogP contribution in [-0.2, 0) is 11.4 Å². The van der Waals surface area contributed by atoms with Crippen molar-refractivity contribution >= 4 is 28.1 Å². The summed E-state index contributed by atoms with van der Waals surface area (Å²) >= 11 is 9.08. The van der Waals surface area contributed by atoms with Gasteiger partial charge in [-0.3, -0.25) is 9.47 Å². The van der Waals surface area contributed by atoms with Crippen molar-refractivity contribution in [3.8, 4) is 5.69 Å². The normalized spacial score (nSPS) is 19.5. The molecule has 22 heavy (non-hydrogen) atoms. The van der Waals surface area contributed by atoms with Crippen LogP contribution in [0.3, 0.4) is 0 Å². The molecule has 3 rings (SSSR count). The molecule has 0 amide bonds. The van der Waals surface area contributed by atoms with Gasteiger partial charge in [0.15, 0.2) is 4.77 Å². The first-order valence-corrected chi connectivity index (χ1v) is 8.75. The van der Waals surface area contributed by atoms with Crippen LogP contribution >= 0.6 is 28.1 Å². The quantitative estimate of drug-likeness (QED) is 0.751. The summed E-state index contributed by atoms with van der Waals surface area (Å²) in [5.41, 5.74) is 1.08. The smallest absolute Gasteiger partial charge is 0.185 e. The Morgan fingerprint density at radius 3 is 2.77 bits per heavy atom. The summed E-state index contributed by atoms with van der Waals surface area (Å²) in [6.07, 6.45) is 5.49. The van der Waals surface area contributed by atoms with Crippen molar-refractivity contribution in [2.45, 2.75) is 26.1 Å². The van der Waals surface area contributed by atoms with Crippen LogP contribution in [0, 0.1) is 4.77 Å². The van der Waals surface area contributed by atoms with E-state index in [1.54, 1.807) is 0 Å². The molecule has 0 saturated carbocycles. The van der Waals surface area contributed by atoms with Crippen molar-refractivity contribution in [3.05, 3.63) is 45.9 Å². The number of aromatic nitrogens is 2. The lowest BCUT2D eigenvalue weighted by molar-refractivity contribution is -0.0399. The van der Waals surface area contributed by atoms with Gasteiger partial charge >= 0.3 is 0 Å². The highest BCUT2D eigenvalue weighted by molar-refractivity contribution is 9.10. The van der Waals surface area contributed by atoms with E-state index in [2.05, 4.69) is 50.7 Å². The second kappa shape index (κ2) is 7.08. The molecule has 0 N–H and O–H groups in total. The Hall–Kier alpha value is -0.950. The van der Waals surface area contributed by atoms with Crippen molar-refractivity contribution in [1.82, 2.24) is 14.0 Å². The zero-order valence-corrected chi connectivity index (χ0v) is 15.0. The van der Waals surface area contributed by atoms with E-state index in [0.717, 1.165) is 47.7 Å². The van der Waals surface area contributed by atoms with Gasteiger partial charge < -0.3 is 9.30 Å². The number of morpholine rings is 1. The summed E-state index contributed by atoms with van der Waals surface area (Å²) in [5.74, 6) is 0. The standard InChI is InChI=1S/C16H20BrN3OS/c1-2-15-11-18(9-10-21-15)12-19-7-8-20(16(19)22)14-5-3-13(17)4-6-14/h3-8,15H,2,9-12H2,1H3. The molecule has 1 saturated heterocycles. The summed E-state index contributed by atoms with van der Waals surface area (Å²) in [5, 5.41) is 0. The molecule has 0 aliphatic carbocycles. The molecular weight excluding hydrogens is 362 g/mol. The van der Waals surface area contributed by atoms with Crippen LogP contribution in [0.2, 0.25) is 0 Å². The molecule has 1 unspecified atom stereocenters. The lowest BCUT2D eigenvalue weighted by Crippen LogP contribution is -2.42. The maximum Gasteiger partial charge on any atom is 0.185 e. The third-order valence-electron chi connectivity index (χ3n) is 3.98. The van der Waals surface area contributed by atoms with E-state index in [9.17, 15) is 0 Å². The fourth-order valence-electron chi connectivity index (χ4n) is 2.69. The van der Waals surface area contributed by atoms with E-state index in [-0.39, 0.29) is 0 Å². The highest BCUT2D eigenvalue weighted by Crippen LogP contribution is 2.16. The average molecular weight is 382 g/mol. The van der Waals surface area contributed by atoms with E-state index >= 15 is 0 Å². The molecule has 0 bridgehead atoms. The number of rotatable bonds is 4. The predicted molar refractivity (Wildman–Crippen MR) is 93.9 cm³/mol. The maximum absolute atomic E-state index is 5.72. The zero-order chi connectivity index (χ0) is 15.5. The van der Waals surface area contributed by atoms with Crippen LogP contribution in [0.4, 0.5) is 0 Å². The average Bonchev–Trinajstić information content (AvgIpc) is 2.89. The van der Waals surface area contributed by atoms with Gasteiger partial charge in [-0.2, -0.15) is 0 Å². The SMILES string of the molecule is CCC1CN(Cn2ccn(-c3ccc(Br)cc3)c2=S)CCO1. The number of halogens is 1. The van der Waals surface area contributed by atoms with E-state index in [1.165, 1.54) is 0 Å². The molecule has 1 aromatic heterocycles. The number of hydrogen-bond donors (Lipinski definition) is 0. The van der Waals surface area contributed by atoms with Crippen molar-refractivity contribution in [1.29, 1.82) is 0 Å². The fourth-order valence-corrected chi connectivity index (χ4v) is 3.24. The molecule has 1 aliphatic heterocycles. The highest BCUT2D eigenvalue weighted by atomic mass is 79.9. The predicted octanol–water partition coefficient (Wildman–Crippen LogP) is 3.84. The Labute approximate surface area is 144 Å². The lowest BCUT2D eigenvalue weighted by atomic mass is 10.2. The number of imidazole rings is 1. The van der Waals surface area contributed by atoms with E-state index < -0.39 is 0 Å². The molecular formula is C16H20BrN3OS. The van der Waals surface area contributed by atoms with Crippen molar-refractivity contribution in [2.75, 3.05) is 19.7 Å². The monoisotopic (exact) mass is 381 g/mol. The molecule has 0 spiro atoms. The van der Waals surface area contributed by atoms with Crippen molar-refractivity contribution < 1.29 is 4.74 Å². The summed E-state index contributed by atoms with van der Waals surface area (Å²) in [7, 11) is 0. The highest BCUT2D eigenvalue weighted by Gasteiger charge is 2.19. The minimum absolute atomic E-state index is 0.344. The minimum Gasteiger partial charge on any atom is -0.376 e. The van der Waals surface area contributed by atoms with E-state index in [1.807, 2.05) is 22.9 Å². The van der Waals surface area contributed by atoms with Gasteiger partial charge in [-0.05, 0) is 42.9 Å². The molecule has 1 aromatic carbocycles. The van der Waals surface area contributed by atoms with Crippen LogP contribution in [0.25, 0.3) is 5.69 Å². The Kier molecular flexibility index (Phi) is 5.13. The Morgan fingerprint density at radius 2 is 2.05 bits per heavy atom. The summed E-state index contributed by atoms with van der Waals surface area (Å²) in [4.78, 5) is 2.40. The second-order valence-corrected chi connectivity index (χ2v) is 6.80. The summed E-state index contributed by atoms with van der Waals surface area (Å²) in [6.45, 7) is 5.73. The van der Waals surface area contributed by atoms with Crippen LogP contribution < -0.4 is 0 Å². The Balaban J connectivity index is 1.76. The lowest BCUT2D eigenvalue weighted by Gasteiger charge is -2.32. The topological polar surface area (TPSA) is 22.3 Å². The van der Waals surface area contributed by atoms with E-state index in [4.69, 9.17) is 17.0 Å². The molecule has 1 aliphatic rings. The Bertz CT molecular complexity index is 679. The van der Waals surface area contributed by atoms with Gasteiger partial charge in [-0.15, -0.1) is 0 Å². The third-order valence-corrected chi connectivity index (χ3v) is 4.94. The van der Waals surface area contributed by atoms with Crippen LogP contribution in [0.5, 0.6) is 0 Å². The molecule has 1 atom stereocenters. The van der Waals surface area contributed by atoms with E-state index in [0.29, 0.717) is 6.10 Å². The first kappa shape index (κ1) is 15.9. The van der Waals surface area contributed by atoms with Gasteiger partial charge in [0.1, 0.15) is 0 Å². The van der Waals surface area contributed by atoms with Crippen LogP contribution in [-0.4, -0.2) is 39.8 Å². The summed E-state index contributed by atoms with van der Waals surface area (Å²) < 4.78 is 11.8. The van der Waals surface area contributed by atoms with Gasteiger partial charge in [0.25, 0.3) is 0 Å². The van der Waals surface area contributed by atoms with Crippen molar-refractivity contribution in [3.63, 3.8) is 0 Å². The number of benzene rings is 1. The molecule has 4 nitrogen and oxygen atoms in total. The van der Waals surface area contributed by atoms with Gasteiger partial charge in [-0.1, -0.05) is 22.9 Å². The minimum atomic E-state index is 0.344. The van der Waals surface area contributed by atoms with Gasteiger partial charge in [0.05, 0.1) is 19.4 Å². The van der Waals surface area contributed by atoms with Gasteiger partial charge in [0, 0.05) is 35.6 Å². The molecule has 118 valence electrons. The zero-order valence-electron chi connectivity index (χ0n) is 12.6. The molecule has 2 heterocycles. The van der Waals surface area contributed by atoms with Crippen molar-refractivity contribution in [2.24, 2.45) is 0 Å². The number of ether oxygens (including phenoxy) is 1. The Morgan fingerprint density at radius 1 is 1.27 bits per heavy atom. The molecule has 2 aromatic rings. The van der Waals surface area contributed by atoms with Crippen LogP contribution in [0.1, 0.15) is 13.3 Å². The first-order valence-electron chi connectivity index (χ1n) is 7.55.